The second-order valence-electron chi connectivity index (χ2n) is 9.56. The number of nitrogens with zero attached hydrogens (tertiary/aromatic N) is 2. The molecule has 0 radical (unpaired) electrons. The molecule has 0 bridgehead atoms. The van der Waals surface area contributed by atoms with Crippen LogP contribution in [-0.2, 0) is 10.2 Å². The Morgan fingerprint density at radius 2 is 1.67 bits per heavy atom. The van der Waals surface area contributed by atoms with E-state index in [1.807, 2.05) is 17.9 Å². The first-order chi connectivity index (χ1) is 15.6. The largest absolute Gasteiger partial charge is 0.303 e. The summed E-state index contributed by atoms with van der Waals surface area (Å²) in [5.41, 5.74) is 4.50. The Bertz CT molecular complexity index is 1230. The average molecular weight is 441 g/mol. The Hall–Kier alpha value is -3.73. The first-order valence-electron chi connectivity index (χ1n) is 11.1. The first-order valence-corrected chi connectivity index (χ1v) is 11.1. The molecule has 1 amide bonds. The lowest BCUT2D eigenvalue weighted by molar-refractivity contribution is -0.384. The lowest BCUT2D eigenvalue weighted by atomic mass is 9.65. The van der Waals surface area contributed by atoms with Gasteiger partial charge in [-0.3, -0.25) is 14.9 Å². The number of rotatable bonds is 4. The molecule has 1 aliphatic rings. The lowest BCUT2D eigenvalue weighted by Crippen LogP contribution is -2.55. The van der Waals surface area contributed by atoms with Gasteiger partial charge in [-0.25, -0.2) is 0 Å². The SMILES string of the molecule is Cc1ccc2c(c1)N(C(=O)/C=C/c1ccc([N+](=O)[O-])cc1)C(C)(C)C[C@@]2(C)c1ccccc1. The Kier molecular flexibility index (Phi) is 5.66. The van der Waals surface area contributed by atoms with Gasteiger partial charge in [0.2, 0.25) is 0 Å². The summed E-state index contributed by atoms with van der Waals surface area (Å²) in [6.07, 6.45) is 4.04. The molecule has 5 heteroatoms. The van der Waals surface area contributed by atoms with Crippen LogP contribution in [0.15, 0.2) is 78.9 Å². The smallest absolute Gasteiger partial charge is 0.269 e. The summed E-state index contributed by atoms with van der Waals surface area (Å²) in [6, 6.07) is 23.0. The van der Waals surface area contributed by atoms with E-state index in [1.165, 1.54) is 17.7 Å². The van der Waals surface area contributed by atoms with E-state index in [2.05, 4.69) is 63.2 Å². The van der Waals surface area contributed by atoms with Gasteiger partial charge in [-0.05, 0) is 73.7 Å². The molecule has 33 heavy (non-hydrogen) atoms. The van der Waals surface area contributed by atoms with E-state index in [0.717, 1.165) is 28.8 Å². The lowest BCUT2D eigenvalue weighted by Gasteiger charge is -2.51. The van der Waals surface area contributed by atoms with Crippen LogP contribution in [-0.4, -0.2) is 16.4 Å². The molecule has 0 saturated carbocycles. The van der Waals surface area contributed by atoms with Crippen LogP contribution < -0.4 is 4.90 Å². The number of hydrogen-bond acceptors (Lipinski definition) is 3. The molecule has 0 saturated heterocycles. The summed E-state index contributed by atoms with van der Waals surface area (Å²) in [7, 11) is 0. The van der Waals surface area contributed by atoms with Gasteiger partial charge in [0.15, 0.2) is 0 Å². The highest BCUT2D eigenvalue weighted by atomic mass is 16.6. The number of benzene rings is 3. The van der Waals surface area contributed by atoms with Crippen molar-refractivity contribution >= 4 is 23.4 Å². The second kappa shape index (κ2) is 8.32. The van der Waals surface area contributed by atoms with Crippen molar-refractivity contribution in [3.8, 4) is 0 Å². The quantitative estimate of drug-likeness (QED) is 0.266. The van der Waals surface area contributed by atoms with Crippen molar-refractivity contribution in [2.24, 2.45) is 0 Å². The van der Waals surface area contributed by atoms with Crippen LogP contribution in [0, 0.1) is 17.0 Å². The number of fused-ring (bicyclic) bond motifs is 1. The van der Waals surface area contributed by atoms with E-state index >= 15 is 0 Å². The van der Waals surface area contributed by atoms with Gasteiger partial charge in [0.25, 0.3) is 11.6 Å². The Labute approximate surface area is 194 Å². The summed E-state index contributed by atoms with van der Waals surface area (Å²) in [5, 5.41) is 10.9. The van der Waals surface area contributed by atoms with Gasteiger partial charge in [-0.1, -0.05) is 49.4 Å². The third-order valence-corrected chi connectivity index (χ3v) is 6.53. The highest BCUT2D eigenvalue weighted by Crippen LogP contribution is 2.50. The molecule has 168 valence electrons. The van der Waals surface area contributed by atoms with Gasteiger partial charge in [-0.2, -0.15) is 0 Å². The number of aryl methyl sites for hydroxylation is 1. The maximum Gasteiger partial charge on any atom is 0.269 e. The van der Waals surface area contributed by atoms with E-state index in [1.54, 1.807) is 24.3 Å². The topological polar surface area (TPSA) is 63.5 Å². The zero-order valence-electron chi connectivity index (χ0n) is 19.4. The van der Waals surface area contributed by atoms with E-state index < -0.39 is 10.5 Å². The fourth-order valence-corrected chi connectivity index (χ4v) is 5.09. The van der Waals surface area contributed by atoms with E-state index in [-0.39, 0.29) is 17.0 Å². The van der Waals surface area contributed by atoms with Crippen molar-refractivity contribution < 1.29 is 9.72 Å². The third-order valence-electron chi connectivity index (χ3n) is 6.53. The highest BCUT2D eigenvalue weighted by molar-refractivity contribution is 6.06. The van der Waals surface area contributed by atoms with Crippen LogP contribution >= 0.6 is 0 Å². The number of hydrogen-bond donors (Lipinski definition) is 0. The van der Waals surface area contributed by atoms with Gasteiger partial charge in [-0.15, -0.1) is 0 Å². The van der Waals surface area contributed by atoms with Gasteiger partial charge in [0.05, 0.1) is 4.92 Å². The molecule has 3 aromatic carbocycles. The zero-order valence-corrected chi connectivity index (χ0v) is 19.4. The summed E-state index contributed by atoms with van der Waals surface area (Å²) in [5.74, 6) is -0.111. The van der Waals surface area contributed by atoms with Crippen molar-refractivity contribution in [3.63, 3.8) is 0 Å². The molecule has 0 fully saturated rings. The molecule has 0 N–H and O–H groups in total. The first kappa shape index (κ1) is 22.5. The zero-order chi connectivity index (χ0) is 23.8. The summed E-state index contributed by atoms with van der Waals surface area (Å²) in [6.45, 7) is 8.51. The molecule has 5 nitrogen and oxygen atoms in total. The van der Waals surface area contributed by atoms with Crippen LogP contribution in [0.25, 0.3) is 6.08 Å². The second-order valence-corrected chi connectivity index (χ2v) is 9.56. The van der Waals surface area contributed by atoms with Gasteiger partial charge in [0, 0.05) is 34.9 Å². The Morgan fingerprint density at radius 1 is 1.00 bits per heavy atom. The standard InChI is InChI=1S/C28H28N2O3/c1-20-10-16-24-25(18-20)29(26(31)17-13-21-11-14-23(15-12-21)30(32)33)27(2,3)19-28(24,4)22-8-6-5-7-9-22/h5-18H,19H2,1-4H3/b17-13+/t28-/m0/s1. The molecule has 1 heterocycles. The molecule has 0 aromatic heterocycles. The minimum absolute atomic E-state index is 0.0280. The van der Waals surface area contributed by atoms with Crippen LogP contribution in [0.4, 0.5) is 11.4 Å². The van der Waals surface area contributed by atoms with E-state index in [0.29, 0.717) is 0 Å². The maximum atomic E-state index is 13.5. The Balaban J connectivity index is 1.74. The van der Waals surface area contributed by atoms with Crippen molar-refractivity contribution in [1.82, 2.24) is 0 Å². The van der Waals surface area contributed by atoms with Crippen LogP contribution in [0.1, 0.15) is 49.4 Å². The highest BCUT2D eigenvalue weighted by Gasteiger charge is 2.47. The number of nitro benzene ring substituents is 1. The predicted octanol–water partition coefficient (Wildman–Crippen LogP) is 6.44. The predicted molar refractivity (Wildman–Crippen MR) is 132 cm³/mol. The molecule has 0 spiro atoms. The maximum absolute atomic E-state index is 13.5. The van der Waals surface area contributed by atoms with Crippen LogP contribution in [0.5, 0.6) is 0 Å². The number of carbonyl (C=O) groups is 1. The summed E-state index contributed by atoms with van der Waals surface area (Å²) >= 11 is 0. The van der Waals surface area contributed by atoms with Crippen molar-refractivity contribution in [2.75, 3.05) is 4.90 Å². The average Bonchev–Trinajstić information content (AvgIpc) is 2.77. The number of non-ortho nitro benzene ring substituents is 1. The summed E-state index contributed by atoms with van der Waals surface area (Å²) < 4.78 is 0. The summed E-state index contributed by atoms with van der Waals surface area (Å²) in [4.78, 5) is 25.9. The van der Waals surface area contributed by atoms with E-state index in [9.17, 15) is 14.9 Å². The Morgan fingerprint density at radius 3 is 2.30 bits per heavy atom. The fourth-order valence-electron chi connectivity index (χ4n) is 5.09. The molecule has 1 aliphatic heterocycles. The normalized spacial score (nSPS) is 19.3. The third kappa shape index (κ3) is 4.19. The molecular weight excluding hydrogens is 412 g/mol. The van der Waals surface area contributed by atoms with Crippen molar-refractivity contribution in [2.45, 2.75) is 45.1 Å². The number of anilines is 1. The molecule has 3 aromatic rings. The van der Waals surface area contributed by atoms with Gasteiger partial charge < -0.3 is 4.90 Å². The van der Waals surface area contributed by atoms with Crippen LogP contribution in [0.2, 0.25) is 0 Å². The molecular formula is C28H28N2O3. The molecule has 0 unspecified atom stereocenters. The minimum atomic E-state index is -0.433. The fraction of sp³-hybridized carbons (Fsp3) is 0.250. The van der Waals surface area contributed by atoms with Crippen molar-refractivity contribution in [1.29, 1.82) is 0 Å². The van der Waals surface area contributed by atoms with Crippen LogP contribution in [0.3, 0.4) is 0 Å². The minimum Gasteiger partial charge on any atom is -0.303 e. The molecule has 4 rings (SSSR count). The molecule has 0 aliphatic carbocycles. The monoisotopic (exact) mass is 440 g/mol. The van der Waals surface area contributed by atoms with Gasteiger partial charge >= 0.3 is 0 Å². The molecule has 1 atom stereocenters. The van der Waals surface area contributed by atoms with E-state index in [4.69, 9.17) is 0 Å². The number of carbonyl (C=O) groups excluding carboxylic acids is 1. The number of amides is 1. The van der Waals surface area contributed by atoms with Crippen molar-refractivity contribution in [3.05, 3.63) is 111 Å². The number of nitro groups is 1. The van der Waals surface area contributed by atoms with Gasteiger partial charge in [0.1, 0.15) is 0 Å².